The summed E-state index contributed by atoms with van der Waals surface area (Å²) in [5.41, 5.74) is 6.66. The van der Waals surface area contributed by atoms with E-state index in [1.54, 1.807) is 13.0 Å². The van der Waals surface area contributed by atoms with Crippen molar-refractivity contribution in [3.63, 3.8) is 0 Å². The molecule has 0 fully saturated rings. The molecule has 0 radical (unpaired) electrons. The number of primary amides is 1. The van der Waals surface area contributed by atoms with Crippen LogP contribution in [-0.2, 0) is 11.2 Å². The minimum atomic E-state index is -0.803. The third-order valence-electron chi connectivity index (χ3n) is 3.66. The standard InChI is InChI=1S/C14H20FN3O/c1-3-17-14(2,13(16)19)9-18-7-6-10-4-5-11(15)8-12(10)18/h4-5,8,17H,3,6-7,9H2,1-2H3,(H2,16,19). The van der Waals surface area contributed by atoms with E-state index in [0.717, 1.165) is 24.2 Å². The van der Waals surface area contributed by atoms with Gasteiger partial charge in [-0.25, -0.2) is 4.39 Å². The number of halogens is 1. The molecule has 1 aromatic carbocycles. The Labute approximate surface area is 112 Å². The number of amides is 1. The lowest BCUT2D eigenvalue weighted by molar-refractivity contribution is -0.123. The van der Waals surface area contributed by atoms with Gasteiger partial charge in [0.2, 0.25) is 5.91 Å². The number of hydrogen-bond donors (Lipinski definition) is 2. The Kier molecular flexibility index (Phi) is 3.75. The van der Waals surface area contributed by atoms with Crippen molar-refractivity contribution >= 4 is 11.6 Å². The van der Waals surface area contributed by atoms with E-state index in [0.29, 0.717) is 13.1 Å². The van der Waals surface area contributed by atoms with Crippen LogP contribution in [0.25, 0.3) is 0 Å². The number of anilines is 1. The number of hydrogen-bond acceptors (Lipinski definition) is 3. The molecule has 2 rings (SSSR count). The first-order chi connectivity index (χ1) is 8.96. The molecule has 1 aliphatic rings. The fourth-order valence-corrected chi connectivity index (χ4v) is 2.58. The summed E-state index contributed by atoms with van der Waals surface area (Å²) in [7, 11) is 0. The van der Waals surface area contributed by atoms with Crippen LogP contribution >= 0.6 is 0 Å². The van der Waals surface area contributed by atoms with Crippen LogP contribution in [-0.4, -0.2) is 31.1 Å². The number of benzene rings is 1. The summed E-state index contributed by atoms with van der Waals surface area (Å²) in [5, 5.41) is 3.12. The summed E-state index contributed by atoms with van der Waals surface area (Å²) < 4.78 is 13.3. The van der Waals surface area contributed by atoms with Crippen molar-refractivity contribution in [3.8, 4) is 0 Å². The van der Waals surface area contributed by atoms with E-state index >= 15 is 0 Å². The molecule has 5 heteroatoms. The number of fused-ring (bicyclic) bond motifs is 1. The third-order valence-corrected chi connectivity index (χ3v) is 3.66. The van der Waals surface area contributed by atoms with Crippen molar-refractivity contribution in [1.82, 2.24) is 5.32 Å². The van der Waals surface area contributed by atoms with Crippen LogP contribution in [0.3, 0.4) is 0 Å². The lowest BCUT2D eigenvalue weighted by atomic mass is 10.0. The molecule has 1 aromatic rings. The highest BCUT2D eigenvalue weighted by molar-refractivity contribution is 5.85. The molecule has 104 valence electrons. The zero-order chi connectivity index (χ0) is 14.0. The van der Waals surface area contributed by atoms with Gasteiger partial charge in [-0.3, -0.25) is 4.79 Å². The Morgan fingerprint density at radius 1 is 1.58 bits per heavy atom. The van der Waals surface area contributed by atoms with E-state index in [1.807, 2.05) is 11.8 Å². The highest BCUT2D eigenvalue weighted by Crippen LogP contribution is 2.29. The summed E-state index contributed by atoms with van der Waals surface area (Å²) in [6, 6.07) is 4.80. The van der Waals surface area contributed by atoms with E-state index < -0.39 is 5.54 Å². The van der Waals surface area contributed by atoms with Gasteiger partial charge in [0.15, 0.2) is 0 Å². The van der Waals surface area contributed by atoms with Crippen LogP contribution in [0.4, 0.5) is 10.1 Å². The SMILES string of the molecule is CCNC(C)(CN1CCc2ccc(F)cc21)C(N)=O. The first-order valence-electron chi connectivity index (χ1n) is 6.54. The van der Waals surface area contributed by atoms with Crippen LogP contribution in [0.2, 0.25) is 0 Å². The Balaban J connectivity index is 2.22. The number of rotatable bonds is 5. The van der Waals surface area contributed by atoms with Crippen molar-refractivity contribution in [2.24, 2.45) is 5.73 Å². The maximum Gasteiger partial charge on any atom is 0.239 e. The quantitative estimate of drug-likeness (QED) is 0.836. The molecule has 1 aliphatic heterocycles. The van der Waals surface area contributed by atoms with Crippen molar-refractivity contribution < 1.29 is 9.18 Å². The Morgan fingerprint density at radius 2 is 2.32 bits per heavy atom. The topological polar surface area (TPSA) is 58.4 Å². The average Bonchev–Trinajstić information content (AvgIpc) is 2.72. The minimum absolute atomic E-state index is 0.255. The second-order valence-electron chi connectivity index (χ2n) is 5.17. The van der Waals surface area contributed by atoms with Crippen molar-refractivity contribution in [2.75, 3.05) is 24.5 Å². The first-order valence-corrected chi connectivity index (χ1v) is 6.54. The van der Waals surface area contributed by atoms with Crippen LogP contribution < -0.4 is 16.0 Å². The largest absolute Gasteiger partial charge is 0.369 e. The van der Waals surface area contributed by atoms with Gasteiger partial charge in [-0.15, -0.1) is 0 Å². The summed E-state index contributed by atoms with van der Waals surface area (Å²) in [6.45, 7) is 5.61. The predicted molar refractivity (Wildman–Crippen MR) is 73.6 cm³/mol. The second kappa shape index (κ2) is 5.17. The number of likely N-dealkylation sites (N-methyl/N-ethyl adjacent to an activating group) is 1. The van der Waals surface area contributed by atoms with Crippen LogP contribution in [0.5, 0.6) is 0 Å². The molecule has 0 aromatic heterocycles. The van der Waals surface area contributed by atoms with Gasteiger partial charge in [0, 0.05) is 18.8 Å². The predicted octanol–water partition coefficient (Wildman–Crippen LogP) is 1.04. The Morgan fingerprint density at radius 3 is 2.95 bits per heavy atom. The molecule has 0 saturated heterocycles. The van der Waals surface area contributed by atoms with Gasteiger partial charge in [0.25, 0.3) is 0 Å². The Hall–Kier alpha value is -1.62. The van der Waals surface area contributed by atoms with Gasteiger partial charge < -0.3 is 16.0 Å². The monoisotopic (exact) mass is 265 g/mol. The molecule has 4 nitrogen and oxygen atoms in total. The highest BCUT2D eigenvalue weighted by atomic mass is 19.1. The van der Waals surface area contributed by atoms with Crippen molar-refractivity contribution in [2.45, 2.75) is 25.8 Å². The summed E-state index contributed by atoms with van der Waals surface area (Å²) in [5.74, 6) is -0.644. The number of nitrogens with zero attached hydrogens (tertiary/aromatic N) is 1. The zero-order valence-electron chi connectivity index (χ0n) is 11.4. The first kappa shape index (κ1) is 13.8. The van der Waals surface area contributed by atoms with E-state index in [4.69, 9.17) is 5.73 Å². The third kappa shape index (κ3) is 2.71. The maximum atomic E-state index is 13.3. The molecule has 0 spiro atoms. The van der Waals surface area contributed by atoms with Gasteiger partial charge in [-0.05, 0) is 37.6 Å². The van der Waals surface area contributed by atoms with Gasteiger partial charge in [-0.1, -0.05) is 13.0 Å². The molecule has 1 heterocycles. The van der Waals surface area contributed by atoms with E-state index in [-0.39, 0.29) is 11.7 Å². The molecule has 1 unspecified atom stereocenters. The fraction of sp³-hybridized carbons (Fsp3) is 0.500. The average molecular weight is 265 g/mol. The van der Waals surface area contributed by atoms with Crippen molar-refractivity contribution in [3.05, 3.63) is 29.6 Å². The van der Waals surface area contributed by atoms with E-state index in [2.05, 4.69) is 5.32 Å². The van der Waals surface area contributed by atoms with Gasteiger partial charge in [0.05, 0.1) is 0 Å². The molecular weight excluding hydrogens is 245 g/mol. The second-order valence-corrected chi connectivity index (χ2v) is 5.17. The molecule has 19 heavy (non-hydrogen) atoms. The fourth-order valence-electron chi connectivity index (χ4n) is 2.58. The van der Waals surface area contributed by atoms with E-state index in [1.165, 1.54) is 12.1 Å². The van der Waals surface area contributed by atoms with Gasteiger partial charge in [0.1, 0.15) is 11.4 Å². The summed E-state index contributed by atoms with van der Waals surface area (Å²) in [6.07, 6.45) is 0.872. The maximum absolute atomic E-state index is 13.3. The highest BCUT2D eigenvalue weighted by Gasteiger charge is 2.34. The van der Waals surface area contributed by atoms with Gasteiger partial charge >= 0.3 is 0 Å². The van der Waals surface area contributed by atoms with Gasteiger partial charge in [-0.2, -0.15) is 0 Å². The smallest absolute Gasteiger partial charge is 0.239 e. The number of nitrogens with one attached hydrogen (secondary N) is 1. The summed E-state index contributed by atoms with van der Waals surface area (Å²) >= 11 is 0. The van der Waals surface area contributed by atoms with Crippen LogP contribution in [0.15, 0.2) is 18.2 Å². The van der Waals surface area contributed by atoms with Crippen LogP contribution in [0.1, 0.15) is 19.4 Å². The number of nitrogens with two attached hydrogens (primary N) is 1. The zero-order valence-corrected chi connectivity index (χ0v) is 11.4. The molecular formula is C14H20FN3O. The summed E-state index contributed by atoms with van der Waals surface area (Å²) in [4.78, 5) is 13.7. The van der Waals surface area contributed by atoms with E-state index in [9.17, 15) is 9.18 Å². The number of carbonyl (C=O) groups excluding carboxylic acids is 1. The van der Waals surface area contributed by atoms with Crippen LogP contribution in [0, 0.1) is 5.82 Å². The Bertz CT molecular complexity index is 492. The molecule has 0 saturated carbocycles. The molecule has 1 amide bonds. The lowest BCUT2D eigenvalue weighted by Crippen LogP contribution is -2.59. The molecule has 0 bridgehead atoms. The minimum Gasteiger partial charge on any atom is -0.369 e. The molecule has 0 aliphatic carbocycles. The molecule has 3 N–H and O–H groups in total. The van der Waals surface area contributed by atoms with Crippen molar-refractivity contribution in [1.29, 1.82) is 0 Å². The number of carbonyl (C=O) groups is 1. The lowest BCUT2D eigenvalue weighted by Gasteiger charge is -2.33. The molecule has 1 atom stereocenters. The normalized spacial score (nSPS) is 17.1.